The van der Waals surface area contributed by atoms with Crippen molar-refractivity contribution in [3.63, 3.8) is 0 Å². The average Bonchev–Trinajstić information content (AvgIpc) is 3.21. The third-order valence-corrected chi connectivity index (χ3v) is 5.87. The van der Waals surface area contributed by atoms with Crippen molar-refractivity contribution in [1.29, 1.82) is 0 Å². The molecule has 2 fully saturated rings. The van der Waals surface area contributed by atoms with Gasteiger partial charge in [0.1, 0.15) is 5.01 Å². The van der Waals surface area contributed by atoms with Gasteiger partial charge in [-0.2, -0.15) is 0 Å². The lowest BCUT2D eigenvalue weighted by Gasteiger charge is -2.33. The molecular formula is C16H17N3O3S. The van der Waals surface area contributed by atoms with E-state index in [9.17, 15) is 9.90 Å². The summed E-state index contributed by atoms with van der Waals surface area (Å²) >= 11 is 1.51. The van der Waals surface area contributed by atoms with Crippen molar-refractivity contribution in [3.05, 3.63) is 30.3 Å². The molecule has 6 nitrogen and oxygen atoms in total. The van der Waals surface area contributed by atoms with E-state index in [4.69, 9.17) is 4.74 Å². The molecule has 0 saturated carbocycles. The monoisotopic (exact) mass is 331 g/mol. The Morgan fingerprint density at radius 1 is 1.35 bits per heavy atom. The van der Waals surface area contributed by atoms with E-state index in [-0.39, 0.29) is 5.92 Å². The molecule has 1 N–H and O–H groups in total. The number of anilines is 1. The van der Waals surface area contributed by atoms with Crippen LogP contribution in [0.5, 0.6) is 0 Å². The van der Waals surface area contributed by atoms with Crippen LogP contribution in [0.15, 0.2) is 30.3 Å². The van der Waals surface area contributed by atoms with Gasteiger partial charge in [-0.3, -0.25) is 4.79 Å². The Kier molecular flexibility index (Phi) is 3.54. The van der Waals surface area contributed by atoms with Crippen LogP contribution < -0.4 is 4.90 Å². The number of aliphatic carboxylic acids is 1. The van der Waals surface area contributed by atoms with Crippen LogP contribution in [0.2, 0.25) is 0 Å². The summed E-state index contributed by atoms with van der Waals surface area (Å²) in [7, 11) is 0. The van der Waals surface area contributed by atoms with E-state index in [1.165, 1.54) is 11.3 Å². The number of fused-ring (bicyclic) bond motifs is 1. The maximum absolute atomic E-state index is 11.8. The normalized spacial score (nSPS) is 27.0. The molecule has 2 aromatic rings. The third kappa shape index (κ3) is 2.40. The second-order valence-corrected chi connectivity index (χ2v) is 7.08. The Labute approximate surface area is 137 Å². The first-order valence-electron chi connectivity index (χ1n) is 7.64. The largest absolute Gasteiger partial charge is 0.481 e. The molecule has 2 aliphatic rings. The number of carbonyl (C=O) groups is 1. The standard InChI is InChI=1S/C16H17N3O3S/c20-14(21)16-6-7-22-9-12(16)8-19(10-16)15-18-17-13(23-15)11-4-2-1-3-5-11/h1-5,12H,6-10H2,(H,20,21)/t12-,16+/m1/s1. The Hall–Kier alpha value is -1.99. The lowest BCUT2D eigenvalue weighted by atomic mass is 9.74. The number of rotatable bonds is 3. The summed E-state index contributed by atoms with van der Waals surface area (Å²) in [4.78, 5) is 13.9. The molecule has 3 heterocycles. The quantitative estimate of drug-likeness (QED) is 0.928. The number of aromatic nitrogens is 2. The molecule has 0 radical (unpaired) electrons. The molecule has 23 heavy (non-hydrogen) atoms. The average molecular weight is 331 g/mol. The third-order valence-electron chi connectivity index (χ3n) is 4.84. The number of hydrogen-bond acceptors (Lipinski definition) is 6. The summed E-state index contributed by atoms with van der Waals surface area (Å²) in [5.41, 5.74) is 0.320. The summed E-state index contributed by atoms with van der Waals surface area (Å²) in [6, 6.07) is 9.91. The molecule has 2 aliphatic heterocycles. The molecule has 0 bridgehead atoms. The van der Waals surface area contributed by atoms with Gasteiger partial charge < -0.3 is 14.7 Å². The van der Waals surface area contributed by atoms with Crippen molar-refractivity contribution >= 4 is 22.4 Å². The molecule has 0 spiro atoms. The van der Waals surface area contributed by atoms with Gasteiger partial charge in [-0.1, -0.05) is 41.7 Å². The van der Waals surface area contributed by atoms with Gasteiger partial charge in [0.25, 0.3) is 0 Å². The molecule has 120 valence electrons. The molecular weight excluding hydrogens is 314 g/mol. The van der Waals surface area contributed by atoms with E-state index in [2.05, 4.69) is 15.1 Å². The number of ether oxygens (including phenoxy) is 1. The second kappa shape index (κ2) is 5.58. The van der Waals surface area contributed by atoms with Crippen molar-refractivity contribution in [2.24, 2.45) is 11.3 Å². The first-order chi connectivity index (χ1) is 11.2. The van der Waals surface area contributed by atoms with Crippen LogP contribution in [0, 0.1) is 11.3 Å². The predicted molar refractivity (Wildman–Crippen MR) is 86.6 cm³/mol. The van der Waals surface area contributed by atoms with Crippen LogP contribution in [0.1, 0.15) is 6.42 Å². The number of carboxylic acids is 1. The number of nitrogens with zero attached hydrogens (tertiary/aromatic N) is 3. The van der Waals surface area contributed by atoms with Gasteiger partial charge in [0.05, 0.1) is 12.0 Å². The minimum Gasteiger partial charge on any atom is -0.481 e. The van der Waals surface area contributed by atoms with Crippen molar-refractivity contribution in [2.45, 2.75) is 6.42 Å². The van der Waals surface area contributed by atoms with Crippen LogP contribution in [-0.2, 0) is 9.53 Å². The molecule has 4 rings (SSSR count). The first kappa shape index (κ1) is 14.6. The first-order valence-corrected chi connectivity index (χ1v) is 8.46. The molecule has 2 atom stereocenters. The van der Waals surface area contributed by atoms with Gasteiger partial charge in [0, 0.05) is 31.2 Å². The molecule has 1 aromatic heterocycles. The highest BCUT2D eigenvalue weighted by molar-refractivity contribution is 7.18. The Balaban J connectivity index is 1.60. The Morgan fingerprint density at radius 2 is 2.17 bits per heavy atom. The minimum atomic E-state index is -0.721. The van der Waals surface area contributed by atoms with Crippen molar-refractivity contribution in [1.82, 2.24) is 10.2 Å². The summed E-state index contributed by atoms with van der Waals surface area (Å²) in [6.07, 6.45) is 0.563. The van der Waals surface area contributed by atoms with E-state index < -0.39 is 11.4 Å². The number of carboxylic acid groups (broad SMARTS) is 1. The molecule has 0 aliphatic carbocycles. The zero-order valence-electron chi connectivity index (χ0n) is 12.5. The zero-order valence-corrected chi connectivity index (χ0v) is 13.3. The van der Waals surface area contributed by atoms with Gasteiger partial charge in [-0.05, 0) is 6.42 Å². The van der Waals surface area contributed by atoms with E-state index in [0.717, 1.165) is 15.7 Å². The van der Waals surface area contributed by atoms with E-state index in [1.54, 1.807) is 0 Å². The maximum atomic E-state index is 11.8. The van der Waals surface area contributed by atoms with Crippen LogP contribution in [-0.4, -0.2) is 47.6 Å². The van der Waals surface area contributed by atoms with Gasteiger partial charge >= 0.3 is 5.97 Å². The van der Waals surface area contributed by atoms with Crippen molar-refractivity contribution in [3.8, 4) is 10.6 Å². The topological polar surface area (TPSA) is 75.6 Å². The summed E-state index contributed by atoms with van der Waals surface area (Å²) in [5.74, 6) is -0.709. The molecule has 0 amide bonds. The Morgan fingerprint density at radius 3 is 2.91 bits per heavy atom. The SMILES string of the molecule is O=C(O)[C@]12CCOC[C@H]1CN(c1nnc(-c3ccccc3)s1)C2. The van der Waals surface area contributed by atoms with Gasteiger partial charge in [-0.15, -0.1) is 10.2 Å². The minimum absolute atomic E-state index is 0.0119. The molecule has 0 unspecified atom stereocenters. The van der Waals surface area contributed by atoms with Crippen LogP contribution in [0.25, 0.3) is 10.6 Å². The van der Waals surface area contributed by atoms with Gasteiger partial charge in [0.15, 0.2) is 0 Å². The lowest BCUT2D eigenvalue weighted by Crippen LogP contribution is -2.44. The fourth-order valence-electron chi connectivity index (χ4n) is 3.49. The van der Waals surface area contributed by atoms with Crippen molar-refractivity contribution in [2.75, 3.05) is 31.2 Å². The fraction of sp³-hybridized carbons (Fsp3) is 0.438. The summed E-state index contributed by atoms with van der Waals surface area (Å²) in [6.45, 7) is 2.17. The zero-order chi connectivity index (χ0) is 15.9. The second-order valence-electron chi connectivity index (χ2n) is 6.12. The highest BCUT2D eigenvalue weighted by Crippen LogP contribution is 2.44. The van der Waals surface area contributed by atoms with E-state index in [1.807, 2.05) is 30.3 Å². The van der Waals surface area contributed by atoms with E-state index >= 15 is 0 Å². The molecule has 1 aromatic carbocycles. The highest BCUT2D eigenvalue weighted by atomic mass is 32.1. The molecule has 7 heteroatoms. The van der Waals surface area contributed by atoms with Crippen molar-refractivity contribution < 1.29 is 14.6 Å². The van der Waals surface area contributed by atoms with Crippen LogP contribution >= 0.6 is 11.3 Å². The summed E-state index contributed by atoms with van der Waals surface area (Å²) < 4.78 is 5.49. The van der Waals surface area contributed by atoms with Crippen LogP contribution in [0.4, 0.5) is 5.13 Å². The molecule has 2 saturated heterocycles. The summed E-state index contributed by atoms with van der Waals surface area (Å²) in [5, 5.41) is 19.9. The van der Waals surface area contributed by atoms with Gasteiger partial charge in [-0.25, -0.2) is 0 Å². The smallest absolute Gasteiger partial charge is 0.311 e. The highest BCUT2D eigenvalue weighted by Gasteiger charge is 2.54. The number of benzene rings is 1. The lowest BCUT2D eigenvalue weighted by molar-refractivity contribution is -0.157. The maximum Gasteiger partial charge on any atom is 0.311 e. The fourth-order valence-corrected chi connectivity index (χ4v) is 4.34. The van der Waals surface area contributed by atoms with E-state index in [0.29, 0.717) is 32.7 Å². The van der Waals surface area contributed by atoms with Crippen LogP contribution in [0.3, 0.4) is 0 Å². The predicted octanol–water partition coefficient (Wildman–Crippen LogP) is 2.13. The Bertz CT molecular complexity index is 720. The van der Waals surface area contributed by atoms with Gasteiger partial charge in [0.2, 0.25) is 5.13 Å². The number of hydrogen-bond donors (Lipinski definition) is 1.